The van der Waals surface area contributed by atoms with Gasteiger partial charge in [-0.1, -0.05) is 0 Å². The molecule has 0 radical (unpaired) electrons. The summed E-state index contributed by atoms with van der Waals surface area (Å²) in [5.41, 5.74) is 2.22. The van der Waals surface area contributed by atoms with Crippen molar-refractivity contribution < 1.29 is 4.79 Å². The van der Waals surface area contributed by atoms with E-state index in [9.17, 15) is 4.79 Å². The first-order valence-electron chi connectivity index (χ1n) is 5.63. The zero-order valence-corrected chi connectivity index (χ0v) is 9.80. The van der Waals surface area contributed by atoms with E-state index in [4.69, 9.17) is 0 Å². The maximum absolute atomic E-state index is 10.9. The molecule has 2 aromatic heterocycles. The van der Waals surface area contributed by atoms with Crippen molar-refractivity contribution in [2.45, 2.75) is 25.7 Å². The topological polar surface area (TPSA) is 22.0 Å². The number of thiophene rings is 1. The molecule has 0 aliphatic heterocycles. The minimum Gasteiger partial charge on any atom is -0.306 e. The van der Waals surface area contributed by atoms with Crippen LogP contribution in [0.1, 0.15) is 33.8 Å². The highest BCUT2D eigenvalue weighted by atomic mass is 32.1. The molecule has 3 heteroatoms. The predicted molar refractivity (Wildman–Crippen MR) is 65.7 cm³/mol. The summed E-state index contributed by atoms with van der Waals surface area (Å²) >= 11 is 1.83. The number of hydrogen-bond donors (Lipinski definition) is 0. The molecular formula is C13H13NOS. The fourth-order valence-electron chi connectivity index (χ4n) is 2.28. The molecule has 0 unspecified atom stereocenters. The van der Waals surface area contributed by atoms with Crippen LogP contribution >= 0.6 is 11.3 Å². The van der Waals surface area contributed by atoms with E-state index >= 15 is 0 Å². The third-order valence-corrected chi connectivity index (χ3v) is 4.36. The molecule has 2 nitrogen and oxygen atoms in total. The number of aryl methyl sites for hydroxylation is 2. The molecule has 2 aromatic rings. The van der Waals surface area contributed by atoms with E-state index in [2.05, 4.69) is 6.07 Å². The summed E-state index contributed by atoms with van der Waals surface area (Å²) in [6, 6.07) is 6.01. The van der Waals surface area contributed by atoms with Gasteiger partial charge in [0.05, 0.1) is 5.69 Å². The summed E-state index contributed by atoms with van der Waals surface area (Å²) in [6.07, 6.45) is 7.88. The molecular weight excluding hydrogens is 218 g/mol. The van der Waals surface area contributed by atoms with Crippen molar-refractivity contribution in [1.82, 2.24) is 4.57 Å². The van der Waals surface area contributed by atoms with Gasteiger partial charge in [0.1, 0.15) is 5.00 Å². The molecule has 0 saturated carbocycles. The average Bonchev–Trinajstić information content (AvgIpc) is 2.94. The molecule has 0 fully saturated rings. The van der Waals surface area contributed by atoms with Crippen molar-refractivity contribution in [1.29, 1.82) is 0 Å². The number of rotatable bonds is 2. The minimum atomic E-state index is 0.735. The fraction of sp³-hybridized carbons (Fsp3) is 0.308. The highest BCUT2D eigenvalue weighted by Gasteiger charge is 2.14. The fourth-order valence-corrected chi connectivity index (χ4v) is 3.54. The summed E-state index contributed by atoms with van der Waals surface area (Å²) in [5, 5.41) is 1.18. The molecule has 0 spiro atoms. The number of aldehydes is 1. The second-order valence-electron chi connectivity index (χ2n) is 4.16. The van der Waals surface area contributed by atoms with Gasteiger partial charge in [-0.2, -0.15) is 0 Å². The van der Waals surface area contributed by atoms with Gasteiger partial charge in [-0.15, -0.1) is 11.3 Å². The molecule has 3 rings (SSSR count). The monoisotopic (exact) mass is 231 g/mol. The van der Waals surface area contributed by atoms with Gasteiger partial charge in [0.15, 0.2) is 6.29 Å². The van der Waals surface area contributed by atoms with Crippen LogP contribution in [-0.2, 0) is 12.8 Å². The van der Waals surface area contributed by atoms with E-state index in [0.29, 0.717) is 0 Å². The molecule has 0 aromatic carbocycles. The van der Waals surface area contributed by atoms with Crippen LogP contribution in [0.2, 0.25) is 0 Å². The second-order valence-corrected chi connectivity index (χ2v) is 5.28. The van der Waals surface area contributed by atoms with Crippen molar-refractivity contribution in [3.63, 3.8) is 0 Å². The molecule has 16 heavy (non-hydrogen) atoms. The second kappa shape index (κ2) is 3.91. The lowest BCUT2D eigenvalue weighted by Gasteiger charge is -2.08. The van der Waals surface area contributed by atoms with Gasteiger partial charge in [0, 0.05) is 11.1 Å². The van der Waals surface area contributed by atoms with Crippen LogP contribution in [0.25, 0.3) is 5.00 Å². The van der Waals surface area contributed by atoms with Gasteiger partial charge < -0.3 is 4.57 Å². The number of carbonyl (C=O) groups is 1. The molecule has 0 atom stereocenters. The van der Waals surface area contributed by atoms with E-state index in [0.717, 1.165) is 12.0 Å². The van der Waals surface area contributed by atoms with Gasteiger partial charge in [-0.25, -0.2) is 0 Å². The zero-order chi connectivity index (χ0) is 11.0. The number of nitrogens with zero attached hydrogens (tertiary/aromatic N) is 1. The molecule has 1 aliphatic carbocycles. The molecule has 0 saturated heterocycles. The first kappa shape index (κ1) is 9.85. The highest BCUT2D eigenvalue weighted by molar-refractivity contribution is 7.14. The highest BCUT2D eigenvalue weighted by Crippen LogP contribution is 2.32. The Balaban J connectivity index is 2.06. The van der Waals surface area contributed by atoms with Crippen LogP contribution in [0.15, 0.2) is 24.4 Å². The van der Waals surface area contributed by atoms with Gasteiger partial charge in [-0.3, -0.25) is 4.79 Å². The minimum absolute atomic E-state index is 0.735. The van der Waals surface area contributed by atoms with Crippen LogP contribution in [0, 0.1) is 0 Å². The molecule has 0 N–H and O–H groups in total. The number of aromatic nitrogens is 1. The average molecular weight is 231 g/mol. The van der Waals surface area contributed by atoms with E-state index < -0.39 is 0 Å². The zero-order valence-electron chi connectivity index (χ0n) is 8.98. The Kier molecular flexibility index (Phi) is 2.40. The van der Waals surface area contributed by atoms with Gasteiger partial charge in [0.2, 0.25) is 0 Å². The third-order valence-electron chi connectivity index (χ3n) is 3.12. The van der Waals surface area contributed by atoms with Gasteiger partial charge in [0.25, 0.3) is 0 Å². The maximum atomic E-state index is 10.9. The Morgan fingerprint density at radius 3 is 3.00 bits per heavy atom. The van der Waals surface area contributed by atoms with Crippen molar-refractivity contribution in [2.24, 2.45) is 0 Å². The smallest absolute Gasteiger partial charge is 0.166 e. The van der Waals surface area contributed by atoms with Crippen molar-refractivity contribution >= 4 is 17.6 Å². The predicted octanol–water partition coefficient (Wildman–Crippen LogP) is 3.23. The van der Waals surface area contributed by atoms with E-state index in [1.807, 2.05) is 34.2 Å². The Morgan fingerprint density at radius 1 is 1.31 bits per heavy atom. The van der Waals surface area contributed by atoms with Gasteiger partial charge >= 0.3 is 0 Å². The van der Waals surface area contributed by atoms with Crippen molar-refractivity contribution in [3.05, 3.63) is 40.5 Å². The standard InChI is InChI=1S/C13H13NOS/c15-9-11-5-3-7-14(11)13-8-10-4-1-2-6-12(10)16-13/h3,5,7-9H,1-2,4,6H2. The number of fused-ring (bicyclic) bond motifs is 1. The normalized spacial score (nSPS) is 14.8. The van der Waals surface area contributed by atoms with Crippen LogP contribution < -0.4 is 0 Å². The van der Waals surface area contributed by atoms with Crippen LogP contribution in [0.3, 0.4) is 0 Å². The van der Waals surface area contributed by atoms with E-state index in [1.54, 1.807) is 0 Å². The number of carbonyl (C=O) groups excluding carboxylic acids is 1. The van der Waals surface area contributed by atoms with Crippen LogP contribution in [-0.4, -0.2) is 10.9 Å². The lowest BCUT2D eigenvalue weighted by molar-refractivity contribution is 0.111. The van der Waals surface area contributed by atoms with E-state index in [-0.39, 0.29) is 0 Å². The quantitative estimate of drug-likeness (QED) is 0.727. The molecule has 82 valence electrons. The van der Waals surface area contributed by atoms with E-state index in [1.165, 1.54) is 41.1 Å². The van der Waals surface area contributed by atoms with Crippen LogP contribution in [0.5, 0.6) is 0 Å². The molecule has 1 aliphatic rings. The summed E-state index contributed by atoms with van der Waals surface area (Å²) in [6.45, 7) is 0. The Hall–Kier alpha value is -1.35. The van der Waals surface area contributed by atoms with Gasteiger partial charge in [-0.05, 0) is 49.4 Å². The summed E-state index contributed by atoms with van der Waals surface area (Å²) in [7, 11) is 0. The molecule has 0 bridgehead atoms. The Bertz CT molecular complexity index is 500. The maximum Gasteiger partial charge on any atom is 0.166 e. The molecule has 0 amide bonds. The molecule has 2 heterocycles. The summed E-state index contributed by atoms with van der Waals surface area (Å²) < 4.78 is 1.98. The van der Waals surface area contributed by atoms with Crippen molar-refractivity contribution in [2.75, 3.05) is 0 Å². The first-order chi connectivity index (χ1) is 7.88. The lowest BCUT2D eigenvalue weighted by Crippen LogP contribution is -1.96. The van der Waals surface area contributed by atoms with Crippen LogP contribution in [0.4, 0.5) is 0 Å². The third kappa shape index (κ3) is 1.52. The first-order valence-corrected chi connectivity index (χ1v) is 6.44. The number of hydrogen-bond acceptors (Lipinski definition) is 2. The Morgan fingerprint density at radius 2 is 2.19 bits per heavy atom. The summed E-state index contributed by atoms with van der Waals surface area (Å²) in [5.74, 6) is 0. The van der Waals surface area contributed by atoms with Crippen molar-refractivity contribution in [3.8, 4) is 5.00 Å². The lowest BCUT2D eigenvalue weighted by atomic mass is 10.00. The summed E-state index contributed by atoms with van der Waals surface area (Å²) in [4.78, 5) is 12.4. The largest absolute Gasteiger partial charge is 0.306 e. The Labute approximate surface area is 98.5 Å². The SMILES string of the molecule is O=Cc1cccn1-c1cc2c(s1)CCCC2.